The Kier molecular flexibility index (Phi) is 5.79. The maximum Gasteiger partial charge on any atom is 0.417 e. The Morgan fingerprint density at radius 2 is 2.00 bits per heavy atom. The highest BCUT2D eigenvalue weighted by Crippen LogP contribution is 2.33. The zero-order valence-electron chi connectivity index (χ0n) is 13.0. The van der Waals surface area contributed by atoms with Gasteiger partial charge in [0.15, 0.2) is 0 Å². The number of hydrogen-bond donors (Lipinski definition) is 1. The highest BCUT2D eigenvalue weighted by molar-refractivity contribution is 5.68. The molecule has 1 N–H and O–H groups in total. The second-order valence-corrected chi connectivity index (χ2v) is 5.70. The minimum Gasteiger partial charge on any atom is -0.444 e. The van der Waals surface area contributed by atoms with Crippen molar-refractivity contribution in [1.29, 1.82) is 5.26 Å². The quantitative estimate of drug-likeness (QED) is 0.909. The van der Waals surface area contributed by atoms with Crippen LogP contribution >= 0.6 is 0 Å². The van der Waals surface area contributed by atoms with Crippen molar-refractivity contribution in [2.24, 2.45) is 0 Å². The molecule has 1 amide bonds. The second kappa shape index (κ2) is 7.18. The summed E-state index contributed by atoms with van der Waals surface area (Å²) in [4.78, 5) is 11.4. The fourth-order valence-electron chi connectivity index (χ4n) is 1.66. The number of hydrogen-bond acceptors (Lipinski definition) is 3. The fourth-order valence-corrected chi connectivity index (χ4v) is 1.66. The van der Waals surface area contributed by atoms with Crippen LogP contribution in [0.4, 0.5) is 18.0 Å². The normalized spacial score (nSPS) is 12.0. The number of nitrogens with one attached hydrogen (secondary N) is 1. The smallest absolute Gasteiger partial charge is 0.417 e. The maximum absolute atomic E-state index is 13.0. The van der Waals surface area contributed by atoms with E-state index >= 15 is 0 Å². The third-order valence-electron chi connectivity index (χ3n) is 2.55. The molecule has 0 saturated carbocycles. The Morgan fingerprint density at radius 1 is 1.35 bits per heavy atom. The van der Waals surface area contributed by atoms with E-state index < -0.39 is 23.4 Å². The van der Waals surface area contributed by atoms with E-state index in [2.05, 4.69) is 5.32 Å². The largest absolute Gasteiger partial charge is 0.444 e. The standard InChI is InChI=1S/C16H17F3N2O2/c1-15(2,3)23-14(22)21-8-4-5-12-7-6-11(10-20)9-13(12)16(17,18)19/h4-7,9H,8H2,1-3H3,(H,21,22). The van der Waals surface area contributed by atoms with Crippen LogP contribution in [0.3, 0.4) is 0 Å². The molecule has 124 valence electrons. The van der Waals surface area contributed by atoms with Crippen LogP contribution in [0.15, 0.2) is 24.3 Å². The summed E-state index contributed by atoms with van der Waals surface area (Å²) in [5, 5.41) is 11.1. The Balaban J connectivity index is 2.78. The number of nitrogens with zero attached hydrogens (tertiary/aromatic N) is 1. The molecule has 0 aliphatic heterocycles. The summed E-state index contributed by atoms with van der Waals surface area (Å²) in [6, 6.07) is 4.98. The second-order valence-electron chi connectivity index (χ2n) is 5.70. The molecular weight excluding hydrogens is 309 g/mol. The SMILES string of the molecule is CC(C)(C)OC(=O)NCC=Cc1ccc(C#N)cc1C(F)(F)F. The summed E-state index contributed by atoms with van der Waals surface area (Å²) in [6.45, 7) is 5.13. The summed E-state index contributed by atoms with van der Waals surface area (Å²) in [5.41, 5.74) is -1.70. The lowest BCUT2D eigenvalue weighted by Crippen LogP contribution is -2.32. The topological polar surface area (TPSA) is 62.1 Å². The average Bonchev–Trinajstić information content (AvgIpc) is 2.40. The highest BCUT2D eigenvalue weighted by Gasteiger charge is 2.33. The molecule has 7 heteroatoms. The van der Waals surface area contributed by atoms with E-state index in [0.717, 1.165) is 6.07 Å². The van der Waals surface area contributed by atoms with Crippen LogP contribution in [0.2, 0.25) is 0 Å². The number of rotatable bonds is 3. The van der Waals surface area contributed by atoms with Gasteiger partial charge >= 0.3 is 12.3 Å². The minimum absolute atomic E-state index is 0.0201. The predicted octanol–water partition coefficient (Wildman–Crippen LogP) is 4.11. The van der Waals surface area contributed by atoms with Crippen LogP contribution < -0.4 is 5.32 Å². The fraction of sp³-hybridized carbons (Fsp3) is 0.375. The molecule has 0 aromatic heterocycles. The molecule has 0 fully saturated rings. The molecular formula is C16H17F3N2O2. The van der Waals surface area contributed by atoms with Gasteiger partial charge in [0.25, 0.3) is 0 Å². The molecule has 0 saturated heterocycles. The Hall–Kier alpha value is -2.49. The van der Waals surface area contributed by atoms with E-state index in [0.29, 0.717) is 0 Å². The summed E-state index contributed by atoms with van der Waals surface area (Å²) in [5.74, 6) is 0. The number of carbonyl (C=O) groups is 1. The van der Waals surface area contributed by atoms with Crippen LogP contribution in [0.5, 0.6) is 0 Å². The molecule has 1 aromatic rings. The van der Waals surface area contributed by atoms with Gasteiger partial charge in [-0.3, -0.25) is 0 Å². The van der Waals surface area contributed by atoms with Crippen LogP contribution in [-0.4, -0.2) is 18.2 Å². The molecule has 4 nitrogen and oxygen atoms in total. The van der Waals surface area contributed by atoms with Gasteiger partial charge in [-0.15, -0.1) is 0 Å². The lowest BCUT2D eigenvalue weighted by atomic mass is 10.0. The van der Waals surface area contributed by atoms with Gasteiger partial charge in [0.2, 0.25) is 0 Å². The molecule has 0 atom stereocenters. The van der Waals surface area contributed by atoms with E-state index in [1.165, 1.54) is 24.3 Å². The van der Waals surface area contributed by atoms with E-state index in [1.54, 1.807) is 26.8 Å². The van der Waals surface area contributed by atoms with Crippen molar-refractivity contribution in [3.8, 4) is 6.07 Å². The first kappa shape index (κ1) is 18.6. The molecule has 0 aliphatic carbocycles. The maximum atomic E-state index is 13.0. The summed E-state index contributed by atoms with van der Waals surface area (Å²) in [6.07, 6.45) is -2.61. The van der Waals surface area contributed by atoms with Crippen LogP contribution in [0.25, 0.3) is 6.08 Å². The number of ether oxygens (including phenoxy) is 1. The number of nitriles is 1. The number of benzene rings is 1. The number of alkyl halides is 3. The first-order chi connectivity index (χ1) is 10.5. The van der Waals surface area contributed by atoms with Crippen molar-refractivity contribution in [3.63, 3.8) is 0 Å². The summed E-state index contributed by atoms with van der Waals surface area (Å²) < 4.78 is 43.9. The zero-order valence-corrected chi connectivity index (χ0v) is 13.0. The van der Waals surface area contributed by atoms with Gasteiger partial charge in [0, 0.05) is 6.54 Å². The number of amides is 1. The van der Waals surface area contributed by atoms with Gasteiger partial charge in [0.1, 0.15) is 5.60 Å². The molecule has 0 unspecified atom stereocenters. The van der Waals surface area contributed by atoms with Crippen LogP contribution in [0.1, 0.15) is 37.5 Å². The van der Waals surface area contributed by atoms with Crippen molar-refractivity contribution in [3.05, 3.63) is 41.0 Å². The third kappa shape index (κ3) is 6.43. The summed E-state index contributed by atoms with van der Waals surface area (Å²) >= 11 is 0. The number of carbonyl (C=O) groups excluding carboxylic acids is 1. The molecule has 1 aromatic carbocycles. The lowest BCUT2D eigenvalue weighted by molar-refractivity contribution is -0.137. The van der Waals surface area contributed by atoms with Gasteiger partial charge in [-0.1, -0.05) is 18.2 Å². The number of halogens is 3. The Morgan fingerprint density at radius 3 is 2.52 bits per heavy atom. The van der Waals surface area contributed by atoms with Gasteiger partial charge in [0.05, 0.1) is 17.2 Å². The van der Waals surface area contributed by atoms with E-state index in [4.69, 9.17) is 10.00 Å². The molecule has 0 heterocycles. The van der Waals surface area contributed by atoms with Crippen LogP contribution in [-0.2, 0) is 10.9 Å². The molecule has 0 aliphatic rings. The van der Waals surface area contributed by atoms with Gasteiger partial charge < -0.3 is 10.1 Å². The Labute approximate surface area is 132 Å². The molecule has 1 rings (SSSR count). The zero-order chi connectivity index (χ0) is 17.7. The first-order valence-electron chi connectivity index (χ1n) is 6.77. The first-order valence-corrected chi connectivity index (χ1v) is 6.77. The Bertz CT molecular complexity index is 638. The molecule has 0 radical (unpaired) electrons. The number of alkyl carbamates (subject to hydrolysis) is 1. The highest BCUT2D eigenvalue weighted by atomic mass is 19.4. The predicted molar refractivity (Wildman–Crippen MR) is 79.4 cm³/mol. The van der Waals surface area contributed by atoms with E-state index in [9.17, 15) is 18.0 Å². The molecule has 23 heavy (non-hydrogen) atoms. The van der Waals surface area contributed by atoms with Crippen LogP contribution in [0, 0.1) is 11.3 Å². The molecule has 0 bridgehead atoms. The third-order valence-corrected chi connectivity index (χ3v) is 2.55. The minimum atomic E-state index is -4.56. The van der Waals surface area contributed by atoms with Gasteiger partial charge in [-0.25, -0.2) is 4.79 Å². The summed E-state index contributed by atoms with van der Waals surface area (Å²) in [7, 11) is 0. The lowest BCUT2D eigenvalue weighted by Gasteiger charge is -2.19. The van der Waals surface area contributed by atoms with Crippen molar-refractivity contribution < 1.29 is 22.7 Å². The van der Waals surface area contributed by atoms with Crippen molar-refractivity contribution >= 4 is 12.2 Å². The van der Waals surface area contributed by atoms with E-state index in [1.807, 2.05) is 0 Å². The average molecular weight is 326 g/mol. The van der Waals surface area contributed by atoms with Crippen molar-refractivity contribution in [1.82, 2.24) is 5.32 Å². The van der Waals surface area contributed by atoms with Crippen molar-refractivity contribution in [2.75, 3.05) is 6.54 Å². The van der Waals surface area contributed by atoms with Gasteiger partial charge in [-0.2, -0.15) is 18.4 Å². The van der Waals surface area contributed by atoms with Gasteiger partial charge in [-0.05, 0) is 38.5 Å². The molecule has 0 spiro atoms. The van der Waals surface area contributed by atoms with Crippen molar-refractivity contribution in [2.45, 2.75) is 32.5 Å². The van der Waals surface area contributed by atoms with E-state index in [-0.39, 0.29) is 17.7 Å². The monoisotopic (exact) mass is 326 g/mol.